The molecule has 1 amide bonds. The average molecular weight is 291 g/mol. The Kier molecular flexibility index (Phi) is 6.36. The van der Waals surface area contributed by atoms with E-state index in [1.54, 1.807) is 6.92 Å². The van der Waals surface area contributed by atoms with E-state index >= 15 is 0 Å². The Morgan fingerprint density at radius 1 is 1.25 bits per heavy atom. The van der Waals surface area contributed by atoms with Gasteiger partial charge in [-0.05, 0) is 25.3 Å². The van der Waals surface area contributed by atoms with Gasteiger partial charge in [0.1, 0.15) is 0 Å². The number of piperazine rings is 1. The Hall–Kier alpha value is -0.0900. The van der Waals surface area contributed by atoms with Crippen LogP contribution in [0.2, 0.25) is 0 Å². The molecule has 1 saturated heterocycles. The first kappa shape index (κ1) is 14.0. The van der Waals surface area contributed by atoms with Gasteiger partial charge in [-0.3, -0.25) is 9.69 Å². The minimum atomic E-state index is 0.215. The molecule has 3 nitrogen and oxygen atoms in total. The number of rotatable bonds is 5. The molecule has 0 spiro atoms. The summed E-state index contributed by atoms with van der Waals surface area (Å²) >= 11 is 3.48. The molecule has 16 heavy (non-hydrogen) atoms. The third-order valence-corrected chi connectivity index (χ3v) is 3.82. The lowest BCUT2D eigenvalue weighted by Gasteiger charge is -2.34. The van der Waals surface area contributed by atoms with Crippen LogP contribution in [0.1, 0.15) is 26.7 Å². The minimum absolute atomic E-state index is 0.215. The highest BCUT2D eigenvalue weighted by Crippen LogP contribution is 2.11. The van der Waals surface area contributed by atoms with Crippen molar-refractivity contribution >= 4 is 21.8 Å². The molecule has 1 heterocycles. The van der Waals surface area contributed by atoms with Crippen molar-refractivity contribution in [1.82, 2.24) is 9.80 Å². The van der Waals surface area contributed by atoms with Gasteiger partial charge in [0.15, 0.2) is 0 Å². The first-order chi connectivity index (χ1) is 7.63. The molecule has 1 rings (SSSR count). The zero-order valence-electron chi connectivity index (χ0n) is 10.4. The smallest absolute Gasteiger partial charge is 0.219 e. The van der Waals surface area contributed by atoms with Crippen LogP contribution >= 0.6 is 15.9 Å². The Bertz CT molecular complexity index is 215. The van der Waals surface area contributed by atoms with E-state index in [1.165, 1.54) is 19.4 Å². The summed E-state index contributed by atoms with van der Waals surface area (Å²) in [6.45, 7) is 9.05. The molecular weight excluding hydrogens is 268 g/mol. The summed E-state index contributed by atoms with van der Waals surface area (Å²) in [5.74, 6) is 1.01. The summed E-state index contributed by atoms with van der Waals surface area (Å²) in [7, 11) is 0. The number of halogens is 1. The van der Waals surface area contributed by atoms with Crippen LogP contribution in [-0.4, -0.2) is 53.8 Å². The molecule has 1 aliphatic heterocycles. The van der Waals surface area contributed by atoms with Crippen molar-refractivity contribution in [2.45, 2.75) is 26.7 Å². The van der Waals surface area contributed by atoms with Crippen LogP contribution in [0.5, 0.6) is 0 Å². The van der Waals surface area contributed by atoms with Crippen molar-refractivity contribution in [3.05, 3.63) is 0 Å². The van der Waals surface area contributed by atoms with Crippen molar-refractivity contribution in [1.29, 1.82) is 0 Å². The molecule has 1 aliphatic rings. The fraction of sp³-hybridized carbons (Fsp3) is 0.917. The van der Waals surface area contributed by atoms with Gasteiger partial charge in [0.2, 0.25) is 5.91 Å². The monoisotopic (exact) mass is 290 g/mol. The minimum Gasteiger partial charge on any atom is -0.340 e. The number of amides is 1. The molecular formula is C12H23BrN2O. The number of hydrogen-bond donors (Lipinski definition) is 0. The molecule has 0 aromatic rings. The number of hydrogen-bond acceptors (Lipinski definition) is 2. The molecule has 0 aromatic carbocycles. The standard InChI is InChI=1S/C12H23BrN2O/c1-11(3-5-13)4-6-14-7-9-15(10-8-14)12(2)16/h11H,3-10H2,1-2H3. The van der Waals surface area contributed by atoms with Crippen LogP contribution in [0.4, 0.5) is 0 Å². The maximum atomic E-state index is 11.2. The van der Waals surface area contributed by atoms with Crippen molar-refractivity contribution in [3.8, 4) is 0 Å². The Labute approximate surface area is 107 Å². The zero-order chi connectivity index (χ0) is 12.0. The number of nitrogens with zero attached hydrogens (tertiary/aromatic N) is 2. The second kappa shape index (κ2) is 7.28. The van der Waals surface area contributed by atoms with Crippen LogP contribution in [0, 0.1) is 5.92 Å². The molecule has 1 unspecified atom stereocenters. The van der Waals surface area contributed by atoms with E-state index < -0.39 is 0 Å². The fourth-order valence-electron chi connectivity index (χ4n) is 2.02. The van der Waals surface area contributed by atoms with Gasteiger partial charge in [-0.15, -0.1) is 0 Å². The van der Waals surface area contributed by atoms with Crippen LogP contribution < -0.4 is 0 Å². The molecule has 0 aromatic heterocycles. The third kappa shape index (κ3) is 4.83. The van der Waals surface area contributed by atoms with Gasteiger partial charge in [0, 0.05) is 38.4 Å². The molecule has 0 radical (unpaired) electrons. The normalized spacial score (nSPS) is 19.8. The number of carbonyl (C=O) groups excluding carboxylic acids is 1. The third-order valence-electron chi connectivity index (χ3n) is 3.36. The summed E-state index contributed by atoms with van der Waals surface area (Å²) in [6.07, 6.45) is 2.53. The highest BCUT2D eigenvalue weighted by molar-refractivity contribution is 9.09. The predicted molar refractivity (Wildman–Crippen MR) is 70.9 cm³/mol. The van der Waals surface area contributed by atoms with Gasteiger partial charge in [0.05, 0.1) is 0 Å². The van der Waals surface area contributed by atoms with E-state index in [-0.39, 0.29) is 5.91 Å². The first-order valence-electron chi connectivity index (χ1n) is 6.17. The largest absolute Gasteiger partial charge is 0.340 e. The molecule has 94 valence electrons. The van der Waals surface area contributed by atoms with Crippen molar-refractivity contribution in [2.75, 3.05) is 38.1 Å². The molecule has 1 fully saturated rings. The summed E-state index contributed by atoms with van der Waals surface area (Å²) in [5.41, 5.74) is 0. The van der Waals surface area contributed by atoms with E-state index in [4.69, 9.17) is 0 Å². The van der Waals surface area contributed by atoms with Gasteiger partial charge in [0.25, 0.3) is 0 Å². The topological polar surface area (TPSA) is 23.6 Å². The lowest BCUT2D eigenvalue weighted by molar-refractivity contribution is -0.130. The van der Waals surface area contributed by atoms with Gasteiger partial charge in [-0.25, -0.2) is 0 Å². The highest BCUT2D eigenvalue weighted by Gasteiger charge is 2.18. The molecule has 0 bridgehead atoms. The van der Waals surface area contributed by atoms with E-state index in [2.05, 4.69) is 27.8 Å². The van der Waals surface area contributed by atoms with Crippen molar-refractivity contribution in [2.24, 2.45) is 5.92 Å². The molecule has 4 heteroatoms. The van der Waals surface area contributed by atoms with Crippen molar-refractivity contribution in [3.63, 3.8) is 0 Å². The molecule has 0 aliphatic carbocycles. The van der Waals surface area contributed by atoms with Crippen LogP contribution in [0.25, 0.3) is 0 Å². The average Bonchev–Trinajstić information content (AvgIpc) is 2.27. The van der Waals surface area contributed by atoms with Gasteiger partial charge in [-0.1, -0.05) is 22.9 Å². The number of alkyl halides is 1. The zero-order valence-corrected chi connectivity index (χ0v) is 12.0. The molecule has 0 N–H and O–H groups in total. The SMILES string of the molecule is CC(=O)N1CCN(CCC(C)CCBr)CC1. The summed E-state index contributed by atoms with van der Waals surface area (Å²) in [4.78, 5) is 15.6. The van der Waals surface area contributed by atoms with Gasteiger partial charge < -0.3 is 4.90 Å². The maximum Gasteiger partial charge on any atom is 0.219 e. The second-order valence-electron chi connectivity index (χ2n) is 4.72. The Balaban J connectivity index is 2.14. The first-order valence-corrected chi connectivity index (χ1v) is 7.29. The fourth-order valence-corrected chi connectivity index (χ4v) is 2.80. The van der Waals surface area contributed by atoms with Gasteiger partial charge in [-0.2, -0.15) is 0 Å². The summed E-state index contributed by atoms with van der Waals surface area (Å²) in [5, 5.41) is 1.10. The second-order valence-corrected chi connectivity index (χ2v) is 5.51. The lowest BCUT2D eigenvalue weighted by Crippen LogP contribution is -2.48. The van der Waals surface area contributed by atoms with E-state index in [0.717, 1.165) is 37.4 Å². The van der Waals surface area contributed by atoms with Crippen LogP contribution in [0.3, 0.4) is 0 Å². The highest BCUT2D eigenvalue weighted by atomic mass is 79.9. The number of carbonyl (C=O) groups is 1. The van der Waals surface area contributed by atoms with Gasteiger partial charge >= 0.3 is 0 Å². The summed E-state index contributed by atoms with van der Waals surface area (Å²) in [6, 6.07) is 0. The molecule has 1 atom stereocenters. The van der Waals surface area contributed by atoms with Crippen LogP contribution in [0.15, 0.2) is 0 Å². The van der Waals surface area contributed by atoms with Crippen LogP contribution in [-0.2, 0) is 4.79 Å². The molecule has 0 saturated carbocycles. The maximum absolute atomic E-state index is 11.2. The van der Waals surface area contributed by atoms with E-state index in [9.17, 15) is 4.79 Å². The van der Waals surface area contributed by atoms with Crippen molar-refractivity contribution < 1.29 is 4.79 Å². The summed E-state index contributed by atoms with van der Waals surface area (Å²) < 4.78 is 0. The quantitative estimate of drug-likeness (QED) is 0.723. The van der Waals surface area contributed by atoms with E-state index in [1.807, 2.05) is 4.90 Å². The predicted octanol–water partition coefficient (Wildman–Crippen LogP) is 1.96. The Morgan fingerprint density at radius 2 is 1.88 bits per heavy atom. The lowest BCUT2D eigenvalue weighted by atomic mass is 10.0. The Morgan fingerprint density at radius 3 is 2.38 bits per heavy atom. The van der Waals surface area contributed by atoms with E-state index in [0.29, 0.717) is 0 Å².